The zero-order valence-electron chi connectivity index (χ0n) is 13.1. The van der Waals surface area contributed by atoms with E-state index in [0.717, 1.165) is 22.0 Å². The number of hydrogen-bond donors (Lipinski definition) is 1. The molecule has 0 spiro atoms. The minimum absolute atomic E-state index is 0.106. The summed E-state index contributed by atoms with van der Waals surface area (Å²) in [6, 6.07) is 8.24. The number of rotatable bonds is 2. The first-order valence-electron chi connectivity index (χ1n) is 7.80. The Balaban J connectivity index is 1.70. The molecule has 5 nitrogen and oxygen atoms in total. The lowest BCUT2D eigenvalue weighted by molar-refractivity contribution is 0.157. The van der Waals surface area contributed by atoms with Crippen molar-refractivity contribution in [2.45, 2.75) is 26.1 Å². The van der Waals surface area contributed by atoms with Gasteiger partial charge in [-0.1, -0.05) is 15.9 Å². The summed E-state index contributed by atoms with van der Waals surface area (Å²) in [6.45, 7) is 4.71. The van der Waals surface area contributed by atoms with Gasteiger partial charge in [0.15, 0.2) is 0 Å². The fraction of sp³-hybridized carbons (Fsp3) is 0.294. The molecule has 1 aliphatic rings. The van der Waals surface area contributed by atoms with Crippen molar-refractivity contribution in [1.29, 1.82) is 0 Å². The molecule has 0 saturated heterocycles. The molecule has 1 aliphatic heterocycles. The van der Waals surface area contributed by atoms with E-state index in [-0.39, 0.29) is 5.56 Å². The predicted octanol–water partition coefficient (Wildman–Crippen LogP) is 3.83. The van der Waals surface area contributed by atoms with Crippen molar-refractivity contribution in [3.05, 3.63) is 61.3 Å². The van der Waals surface area contributed by atoms with Crippen LogP contribution < -0.4 is 5.56 Å². The molecule has 124 valence electrons. The highest BCUT2D eigenvalue weighted by Gasteiger charge is 2.24. The molecule has 0 fully saturated rings. The largest absolute Gasteiger partial charge is 0.349 e. The SMILES string of the molecule is CC1c2cccn2CCN1Cc1nc2c(Br)cc(Br)cc2c(=O)[nH]1. The standard InChI is InChI=1S/C17H16Br2N4O/c1-10-14-3-2-4-22(14)5-6-23(10)9-15-20-16-12(17(24)21-15)7-11(18)8-13(16)19/h2-4,7-8,10H,5-6,9H2,1H3,(H,20,21,24). The zero-order valence-corrected chi connectivity index (χ0v) is 16.3. The highest BCUT2D eigenvalue weighted by Crippen LogP contribution is 2.28. The Hall–Kier alpha value is -1.44. The third-order valence-corrected chi connectivity index (χ3v) is 5.66. The van der Waals surface area contributed by atoms with E-state index < -0.39 is 0 Å². The van der Waals surface area contributed by atoms with Gasteiger partial charge in [0.1, 0.15) is 5.82 Å². The molecular formula is C17H16Br2N4O. The second kappa shape index (κ2) is 6.13. The smallest absolute Gasteiger partial charge is 0.258 e. The molecular weight excluding hydrogens is 436 g/mol. The van der Waals surface area contributed by atoms with Crippen LogP contribution in [0.3, 0.4) is 0 Å². The summed E-state index contributed by atoms with van der Waals surface area (Å²) in [5.74, 6) is 0.697. The molecule has 0 bridgehead atoms. The lowest BCUT2D eigenvalue weighted by Crippen LogP contribution is -2.36. The number of fused-ring (bicyclic) bond motifs is 2. The summed E-state index contributed by atoms with van der Waals surface area (Å²) in [7, 11) is 0. The van der Waals surface area contributed by atoms with Crippen LogP contribution in [0.1, 0.15) is 24.5 Å². The lowest BCUT2D eigenvalue weighted by atomic mass is 10.1. The van der Waals surface area contributed by atoms with Crippen molar-refractivity contribution < 1.29 is 0 Å². The molecule has 2 aromatic heterocycles. The lowest BCUT2D eigenvalue weighted by Gasteiger charge is -2.34. The van der Waals surface area contributed by atoms with Gasteiger partial charge < -0.3 is 9.55 Å². The first-order chi connectivity index (χ1) is 11.5. The Labute approximate surface area is 156 Å². The minimum Gasteiger partial charge on any atom is -0.349 e. The van der Waals surface area contributed by atoms with Gasteiger partial charge in [0, 0.05) is 40.0 Å². The van der Waals surface area contributed by atoms with Crippen molar-refractivity contribution >= 4 is 42.8 Å². The van der Waals surface area contributed by atoms with Gasteiger partial charge in [-0.15, -0.1) is 0 Å². The normalized spacial score (nSPS) is 18.0. The fourth-order valence-corrected chi connectivity index (χ4v) is 4.64. The summed E-state index contributed by atoms with van der Waals surface area (Å²) in [4.78, 5) is 22.4. The maximum Gasteiger partial charge on any atom is 0.258 e. The molecule has 24 heavy (non-hydrogen) atoms. The van der Waals surface area contributed by atoms with Crippen molar-refractivity contribution in [3.8, 4) is 0 Å². The van der Waals surface area contributed by atoms with E-state index in [9.17, 15) is 4.79 Å². The van der Waals surface area contributed by atoms with Crippen LogP contribution >= 0.6 is 31.9 Å². The van der Waals surface area contributed by atoms with Gasteiger partial charge >= 0.3 is 0 Å². The maximum atomic E-state index is 12.4. The number of benzene rings is 1. The molecule has 0 radical (unpaired) electrons. The molecule has 1 N–H and O–H groups in total. The van der Waals surface area contributed by atoms with Crippen molar-refractivity contribution in [2.75, 3.05) is 6.54 Å². The van der Waals surface area contributed by atoms with Gasteiger partial charge in [0.25, 0.3) is 5.56 Å². The molecule has 0 amide bonds. The van der Waals surface area contributed by atoms with Gasteiger partial charge in [-0.05, 0) is 47.1 Å². The molecule has 1 aromatic carbocycles. The van der Waals surface area contributed by atoms with Crippen LogP contribution in [0.15, 0.2) is 44.2 Å². The van der Waals surface area contributed by atoms with Gasteiger partial charge in [-0.25, -0.2) is 4.98 Å². The second-order valence-corrected chi connectivity index (χ2v) is 7.84. The third kappa shape index (κ3) is 2.74. The first-order valence-corrected chi connectivity index (χ1v) is 9.38. The Kier molecular flexibility index (Phi) is 4.10. The van der Waals surface area contributed by atoms with Gasteiger partial charge in [0.05, 0.1) is 17.4 Å². The number of aromatic amines is 1. The molecule has 3 heterocycles. The van der Waals surface area contributed by atoms with Crippen LogP contribution in [0.5, 0.6) is 0 Å². The predicted molar refractivity (Wildman–Crippen MR) is 101 cm³/mol. The quantitative estimate of drug-likeness (QED) is 0.644. The van der Waals surface area contributed by atoms with E-state index in [1.165, 1.54) is 5.69 Å². The molecule has 1 atom stereocenters. The number of halogens is 2. The number of nitrogens with zero attached hydrogens (tertiary/aromatic N) is 3. The van der Waals surface area contributed by atoms with E-state index in [1.54, 1.807) is 6.07 Å². The summed E-state index contributed by atoms with van der Waals surface area (Å²) in [5.41, 5.74) is 1.89. The number of hydrogen-bond acceptors (Lipinski definition) is 3. The van der Waals surface area contributed by atoms with E-state index in [0.29, 0.717) is 29.3 Å². The van der Waals surface area contributed by atoms with Crippen LogP contribution in [-0.4, -0.2) is 26.0 Å². The third-order valence-electron chi connectivity index (χ3n) is 4.60. The molecule has 1 unspecified atom stereocenters. The fourth-order valence-electron chi connectivity index (χ4n) is 3.32. The van der Waals surface area contributed by atoms with Crippen LogP contribution in [0, 0.1) is 0 Å². The summed E-state index contributed by atoms with van der Waals surface area (Å²) in [6.07, 6.45) is 2.12. The van der Waals surface area contributed by atoms with Crippen LogP contribution in [-0.2, 0) is 13.1 Å². The minimum atomic E-state index is -0.106. The van der Waals surface area contributed by atoms with Crippen molar-refractivity contribution in [3.63, 3.8) is 0 Å². The molecule has 3 aromatic rings. The maximum absolute atomic E-state index is 12.4. The van der Waals surface area contributed by atoms with E-state index in [2.05, 4.69) is 76.5 Å². The first kappa shape index (κ1) is 16.1. The highest BCUT2D eigenvalue weighted by atomic mass is 79.9. The van der Waals surface area contributed by atoms with E-state index >= 15 is 0 Å². The van der Waals surface area contributed by atoms with Gasteiger partial charge in [-0.2, -0.15) is 0 Å². The Morgan fingerprint density at radius 1 is 1.33 bits per heavy atom. The van der Waals surface area contributed by atoms with Crippen molar-refractivity contribution in [1.82, 2.24) is 19.4 Å². The molecule has 4 rings (SSSR count). The Bertz CT molecular complexity index is 978. The van der Waals surface area contributed by atoms with Crippen LogP contribution in [0.4, 0.5) is 0 Å². The molecule has 0 aliphatic carbocycles. The second-order valence-electron chi connectivity index (χ2n) is 6.07. The van der Waals surface area contributed by atoms with E-state index in [4.69, 9.17) is 0 Å². The number of H-pyrrole nitrogens is 1. The average Bonchev–Trinajstić information content (AvgIpc) is 3.01. The van der Waals surface area contributed by atoms with Crippen LogP contribution in [0.25, 0.3) is 10.9 Å². The average molecular weight is 452 g/mol. The number of aromatic nitrogens is 3. The van der Waals surface area contributed by atoms with Gasteiger partial charge in [0.2, 0.25) is 0 Å². The molecule has 0 saturated carbocycles. The van der Waals surface area contributed by atoms with E-state index in [1.807, 2.05) is 6.07 Å². The summed E-state index contributed by atoms with van der Waals surface area (Å²) < 4.78 is 3.96. The highest BCUT2D eigenvalue weighted by molar-refractivity contribution is 9.11. The van der Waals surface area contributed by atoms with Crippen LogP contribution in [0.2, 0.25) is 0 Å². The Morgan fingerprint density at radius 3 is 3.00 bits per heavy atom. The number of nitrogens with one attached hydrogen (secondary N) is 1. The van der Waals surface area contributed by atoms with Gasteiger partial charge in [-0.3, -0.25) is 9.69 Å². The topological polar surface area (TPSA) is 53.9 Å². The zero-order chi connectivity index (χ0) is 16.8. The summed E-state index contributed by atoms with van der Waals surface area (Å²) in [5, 5.41) is 0.584. The monoisotopic (exact) mass is 450 g/mol. The van der Waals surface area contributed by atoms with Crippen molar-refractivity contribution in [2.24, 2.45) is 0 Å². The Morgan fingerprint density at radius 2 is 2.17 bits per heavy atom. The summed E-state index contributed by atoms with van der Waals surface area (Å²) >= 11 is 6.92. The molecule has 7 heteroatoms.